The number of hydrogen-bond donors (Lipinski definition) is 1. The van der Waals surface area contributed by atoms with Crippen molar-refractivity contribution in [2.45, 2.75) is 33.0 Å². The second kappa shape index (κ2) is 6.15. The normalized spacial score (nSPS) is 11.6. The Morgan fingerprint density at radius 3 is 2.35 bits per heavy atom. The van der Waals surface area contributed by atoms with Crippen LogP contribution in [0.25, 0.3) is 0 Å². The molecule has 0 aliphatic heterocycles. The van der Waals surface area contributed by atoms with Gasteiger partial charge in [0.05, 0.1) is 5.56 Å². The lowest BCUT2D eigenvalue weighted by molar-refractivity contribution is -0.136. The van der Waals surface area contributed by atoms with Crippen molar-refractivity contribution in [2.75, 3.05) is 18.9 Å². The van der Waals surface area contributed by atoms with E-state index in [0.29, 0.717) is 6.54 Å². The SMILES string of the molecule is CCN(C(=O)c1ccc(NC)c(C(F)(F)F)c1)C(C)C. The van der Waals surface area contributed by atoms with Crippen LogP contribution in [0.1, 0.15) is 36.7 Å². The lowest BCUT2D eigenvalue weighted by Gasteiger charge is -2.25. The highest BCUT2D eigenvalue weighted by Gasteiger charge is 2.34. The van der Waals surface area contributed by atoms with Gasteiger partial charge in [0.1, 0.15) is 0 Å². The smallest absolute Gasteiger partial charge is 0.388 e. The van der Waals surface area contributed by atoms with E-state index in [1.54, 1.807) is 6.92 Å². The number of amides is 1. The zero-order chi connectivity index (χ0) is 15.5. The summed E-state index contributed by atoms with van der Waals surface area (Å²) < 4.78 is 38.9. The predicted molar refractivity (Wildman–Crippen MR) is 72.8 cm³/mol. The number of halogens is 3. The van der Waals surface area contributed by atoms with Crippen LogP contribution in [0.15, 0.2) is 18.2 Å². The number of rotatable bonds is 4. The molecule has 1 aromatic carbocycles. The molecule has 1 rings (SSSR count). The Hall–Kier alpha value is -1.72. The molecule has 112 valence electrons. The maximum absolute atomic E-state index is 13.0. The van der Waals surface area contributed by atoms with Gasteiger partial charge in [0.25, 0.3) is 5.91 Å². The van der Waals surface area contributed by atoms with E-state index in [2.05, 4.69) is 5.32 Å². The Labute approximate surface area is 116 Å². The van der Waals surface area contributed by atoms with Crippen LogP contribution in [0.4, 0.5) is 18.9 Å². The van der Waals surface area contributed by atoms with Crippen LogP contribution in [0.3, 0.4) is 0 Å². The van der Waals surface area contributed by atoms with Gasteiger partial charge in [-0.1, -0.05) is 0 Å². The van der Waals surface area contributed by atoms with Crippen LogP contribution in [-0.2, 0) is 6.18 Å². The van der Waals surface area contributed by atoms with Gasteiger partial charge >= 0.3 is 6.18 Å². The van der Waals surface area contributed by atoms with Crippen LogP contribution in [0.5, 0.6) is 0 Å². The molecule has 6 heteroatoms. The van der Waals surface area contributed by atoms with Crippen molar-refractivity contribution < 1.29 is 18.0 Å². The van der Waals surface area contributed by atoms with Crippen molar-refractivity contribution in [2.24, 2.45) is 0 Å². The van der Waals surface area contributed by atoms with Crippen molar-refractivity contribution in [1.29, 1.82) is 0 Å². The first-order chi connectivity index (χ1) is 9.22. The highest BCUT2D eigenvalue weighted by atomic mass is 19.4. The minimum absolute atomic E-state index is 0.0401. The summed E-state index contributed by atoms with van der Waals surface area (Å²) in [7, 11) is 1.42. The molecular formula is C14H19F3N2O. The molecule has 0 aliphatic carbocycles. The largest absolute Gasteiger partial charge is 0.418 e. The Balaban J connectivity index is 3.24. The highest BCUT2D eigenvalue weighted by molar-refractivity contribution is 5.95. The number of carbonyl (C=O) groups excluding carboxylic acids is 1. The predicted octanol–water partition coefficient (Wildman–Crippen LogP) is 3.62. The fraction of sp³-hybridized carbons (Fsp3) is 0.500. The van der Waals surface area contributed by atoms with E-state index >= 15 is 0 Å². The third-order valence-corrected chi connectivity index (χ3v) is 3.07. The van der Waals surface area contributed by atoms with Gasteiger partial charge in [-0.05, 0) is 39.0 Å². The van der Waals surface area contributed by atoms with Crippen LogP contribution in [0, 0.1) is 0 Å². The lowest BCUT2D eigenvalue weighted by Crippen LogP contribution is -2.36. The molecule has 0 saturated heterocycles. The zero-order valence-electron chi connectivity index (χ0n) is 12.0. The summed E-state index contributed by atoms with van der Waals surface area (Å²) in [6.07, 6.45) is -4.50. The number of anilines is 1. The number of nitrogens with one attached hydrogen (secondary N) is 1. The van der Waals surface area contributed by atoms with Crippen LogP contribution >= 0.6 is 0 Å². The van der Waals surface area contributed by atoms with Crippen molar-refractivity contribution in [3.05, 3.63) is 29.3 Å². The van der Waals surface area contributed by atoms with Crippen molar-refractivity contribution in [3.8, 4) is 0 Å². The van der Waals surface area contributed by atoms with Crippen LogP contribution < -0.4 is 5.32 Å². The average molecular weight is 288 g/mol. The topological polar surface area (TPSA) is 32.3 Å². The first kappa shape index (κ1) is 16.3. The number of benzene rings is 1. The molecule has 0 heterocycles. The number of hydrogen-bond acceptors (Lipinski definition) is 2. The summed E-state index contributed by atoms with van der Waals surface area (Å²) >= 11 is 0. The van der Waals surface area contributed by atoms with E-state index < -0.39 is 17.6 Å². The molecule has 1 N–H and O–H groups in total. The van der Waals surface area contributed by atoms with Gasteiger partial charge < -0.3 is 10.2 Å². The van der Waals surface area contributed by atoms with Gasteiger partial charge in [0.15, 0.2) is 0 Å². The van der Waals surface area contributed by atoms with E-state index in [-0.39, 0.29) is 17.3 Å². The molecule has 0 bridgehead atoms. The number of alkyl halides is 3. The molecule has 0 radical (unpaired) electrons. The van der Waals surface area contributed by atoms with Gasteiger partial charge in [-0.2, -0.15) is 13.2 Å². The molecular weight excluding hydrogens is 269 g/mol. The first-order valence-electron chi connectivity index (χ1n) is 6.42. The van der Waals surface area contributed by atoms with Gasteiger partial charge in [-0.3, -0.25) is 4.79 Å². The minimum Gasteiger partial charge on any atom is -0.388 e. The highest BCUT2D eigenvalue weighted by Crippen LogP contribution is 2.35. The summed E-state index contributed by atoms with van der Waals surface area (Å²) in [5.41, 5.74) is -0.820. The Kier molecular flexibility index (Phi) is 5.03. The van der Waals surface area contributed by atoms with Crippen molar-refractivity contribution >= 4 is 11.6 Å². The molecule has 0 saturated carbocycles. The molecule has 0 atom stereocenters. The molecule has 0 fully saturated rings. The van der Waals surface area contributed by atoms with E-state index in [1.165, 1.54) is 24.1 Å². The van der Waals surface area contributed by atoms with Crippen LogP contribution in [-0.4, -0.2) is 30.4 Å². The van der Waals surface area contributed by atoms with Gasteiger partial charge in [-0.15, -0.1) is 0 Å². The third-order valence-electron chi connectivity index (χ3n) is 3.07. The molecule has 1 aromatic rings. The number of nitrogens with zero attached hydrogens (tertiary/aromatic N) is 1. The summed E-state index contributed by atoms with van der Waals surface area (Å²) in [5.74, 6) is -0.393. The summed E-state index contributed by atoms with van der Waals surface area (Å²) in [4.78, 5) is 13.8. The summed E-state index contributed by atoms with van der Waals surface area (Å²) in [5, 5.41) is 2.49. The molecule has 20 heavy (non-hydrogen) atoms. The fourth-order valence-corrected chi connectivity index (χ4v) is 2.04. The van der Waals surface area contributed by atoms with Crippen molar-refractivity contribution in [1.82, 2.24) is 4.90 Å². The molecule has 0 aromatic heterocycles. The molecule has 0 unspecified atom stereocenters. The molecule has 1 amide bonds. The van der Waals surface area contributed by atoms with E-state index in [1.807, 2.05) is 13.8 Å². The minimum atomic E-state index is -4.50. The third kappa shape index (κ3) is 3.43. The molecule has 3 nitrogen and oxygen atoms in total. The second-order valence-electron chi connectivity index (χ2n) is 4.69. The summed E-state index contributed by atoms with van der Waals surface area (Å²) in [6.45, 7) is 5.90. The maximum atomic E-state index is 13.0. The number of carbonyl (C=O) groups is 1. The van der Waals surface area contributed by atoms with Crippen molar-refractivity contribution in [3.63, 3.8) is 0 Å². The lowest BCUT2D eigenvalue weighted by atomic mass is 10.1. The van der Waals surface area contributed by atoms with Gasteiger partial charge in [0.2, 0.25) is 0 Å². The summed E-state index contributed by atoms with van der Waals surface area (Å²) in [6, 6.07) is 3.53. The monoisotopic (exact) mass is 288 g/mol. The van der Waals surface area contributed by atoms with E-state index in [9.17, 15) is 18.0 Å². The van der Waals surface area contributed by atoms with E-state index in [4.69, 9.17) is 0 Å². The second-order valence-corrected chi connectivity index (χ2v) is 4.69. The molecule has 0 spiro atoms. The van der Waals surface area contributed by atoms with Gasteiger partial charge in [0, 0.05) is 30.9 Å². The van der Waals surface area contributed by atoms with Crippen LogP contribution in [0.2, 0.25) is 0 Å². The standard InChI is InChI=1S/C14H19F3N2O/c1-5-19(9(2)3)13(20)10-6-7-12(18-4)11(8-10)14(15,16)17/h6-9,18H,5H2,1-4H3. The quantitative estimate of drug-likeness (QED) is 0.917. The van der Waals surface area contributed by atoms with Gasteiger partial charge in [-0.25, -0.2) is 0 Å². The first-order valence-corrected chi connectivity index (χ1v) is 6.42. The fourth-order valence-electron chi connectivity index (χ4n) is 2.04. The van der Waals surface area contributed by atoms with E-state index in [0.717, 1.165) is 6.07 Å². The Morgan fingerprint density at radius 1 is 1.35 bits per heavy atom. The zero-order valence-corrected chi connectivity index (χ0v) is 12.0. The Bertz CT molecular complexity index is 484. The maximum Gasteiger partial charge on any atom is 0.418 e. The Morgan fingerprint density at radius 2 is 1.95 bits per heavy atom. The molecule has 0 aliphatic rings. The average Bonchev–Trinajstić information content (AvgIpc) is 2.37.